The van der Waals surface area contributed by atoms with E-state index >= 15 is 0 Å². The van der Waals surface area contributed by atoms with E-state index < -0.39 is 6.09 Å². The monoisotopic (exact) mass is 238 g/mol. The van der Waals surface area contributed by atoms with Gasteiger partial charge in [-0.3, -0.25) is 4.84 Å². The summed E-state index contributed by atoms with van der Waals surface area (Å²) in [7, 11) is 0. The second-order valence-electron chi connectivity index (χ2n) is 2.50. The number of hydrogen-bond donors (Lipinski definition) is 1. The average molecular weight is 239 g/mol. The van der Waals surface area contributed by atoms with Crippen molar-refractivity contribution in [2.45, 2.75) is 13.0 Å². The van der Waals surface area contributed by atoms with E-state index in [0.717, 1.165) is 0 Å². The van der Waals surface area contributed by atoms with E-state index in [0.29, 0.717) is 23.4 Å². The maximum absolute atomic E-state index is 10.9. The second-order valence-corrected chi connectivity index (χ2v) is 3.82. The van der Waals surface area contributed by atoms with Crippen molar-refractivity contribution in [3.63, 3.8) is 0 Å². The Labute approximate surface area is 91.1 Å². The maximum atomic E-state index is 10.9. The normalized spacial score (nSPS) is 23.9. The molecule has 0 aromatic carbocycles. The molecule has 0 aromatic heterocycles. The molecule has 1 atom stereocenters. The van der Waals surface area contributed by atoms with Crippen molar-refractivity contribution < 1.29 is 14.4 Å². The molecule has 1 saturated heterocycles. The number of rotatable bonds is 3. The Morgan fingerprint density at radius 3 is 3.29 bits per heavy atom. The van der Waals surface area contributed by atoms with Crippen molar-refractivity contribution in [1.82, 2.24) is 5.32 Å². The van der Waals surface area contributed by atoms with Gasteiger partial charge in [-0.1, -0.05) is 16.9 Å². The second kappa shape index (κ2) is 6.10. The van der Waals surface area contributed by atoms with Gasteiger partial charge < -0.3 is 10.1 Å². The number of alkyl halides is 1. The minimum Gasteiger partial charge on any atom is -0.361 e. The molecule has 1 heterocycles. The number of halogens is 1. The molecule has 0 radical (unpaired) electrons. The zero-order valence-electron chi connectivity index (χ0n) is 7.66. The standard InChI is InChI=1S/C7H11ClN2O3S/c1-5-6(14-4-12-5)10-13-7(11)9-3-2-8/h5H,2-4H2,1H3,(H,9,11)/b10-6+. The molecule has 0 aromatic rings. The Hall–Kier alpha value is -0.460. The summed E-state index contributed by atoms with van der Waals surface area (Å²) < 4.78 is 5.18. The van der Waals surface area contributed by atoms with Crippen LogP contribution in [-0.4, -0.2) is 35.6 Å². The summed E-state index contributed by atoms with van der Waals surface area (Å²) in [5.74, 6) is 0.895. The number of hydrogen-bond acceptors (Lipinski definition) is 5. The fraction of sp³-hybridized carbons (Fsp3) is 0.714. The number of carbonyl (C=O) groups excluding carboxylic acids is 1. The summed E-state index contributed by atoms with van der Waals surface area (Å²) in [4.78, 5) is 15.5. The van der Waals surface area contributed by atoms with Gasteiger partial charge in [0, 0.05) is 12.4 Å². The highest BCUT2D eigenvalue weighted by atomic mass is 35.5. The number of nitrogens with one attached hydrogen (secondary N) is 1. The van der Waals surface area contributed by atoms with E-state index in [2.05, 4.69) is 15.3 Å². The largest absolute Gasteiger partial charge is 0.433 e. The van der Waals surface area contributed by atoms with Crippen LogP contribution in [0.3, 0.4) is 0 Å². The summed E-state index contributed by atoms with van der Waals surface area (Å²) in [5.41, 5.74) is 0. The first-order valence-corrected chi connectivity index (χ1v) is 5.59. The lowest BCUT2D eigenvalue weighted by atomic mass is 10.4. The van der Waals surface area contributed by atoms with Gasteiger partial charge in [0.25, 0.3) is 0 Å². The summed E-state index contributed by atoms with van der Waals surface area (Å²) in [6.45, 7) is 2.21. The van der Waals surface area contributed by atoms with Crippen molar-refractivity contribution in [3.8, 4) is 0 Å². The quantitative estimate of drug-likeness (QED) is 0.458. The fourth-order valence-electron chi connectivity index (χ4n) is 0.754. The molecule has 14 heavy (non-hydrogen) atoms. The molecule has 0 saturated carbocycles. The van der Waals surface area contributed by atoms with Gasteiger partial charge in [-0.2, -0.15) is 0 Å². The Balaban J connectivity index is 2.27. The van der Waals surface area contributed by atoms with Crippen LogP contribution in [0, 0.1) is 0 Å². The van der Waals surface area contributed by atoms with Gasteiger partial charge in [-0.15, -0.1) is 11.6 Å². The molecule has 7 heteroatoms. The Morgan fingerprint density at radius 1 is 1.93 bits per heavy atom. The topological polar surface area (TPSA) is 59.9 Å². The molecule has 1 N–H and O–H groups in total. The van der Waals surface area contributed by atoms with Gasteiger partial charge in [0.2, 0.25) is 0 Å². The highest BCUT2D eigenvalue weighted by Gasteiger charge is 2.20. The molecule has 1 aliphatic rings. The van der Waals surface area contributed by atoms with Crippen LogP contribution in [-0.2, 0) is 9.57 Å². The van der Waals surface area contributed by atoms with Crippen LogP contribution >= 0.6 is 23.4 Å². The van der Waals surface area contributed by atoms with Gasteiger partial charge in [-0.05, 0) is 6.92 Å². The number of ether oxygens (including phenoxy) is 1. The molecule has 1 amide bonds. The minimum absolute atomic E-state index is 0.0965. The Kier molecular flexibility index (Phi) is 5.06. The molecular weight excluding hydrogens is 228 g/mol. The molecular formula is C7H11ClN2O3S. The maximum Gasteiger partial charge on any atom is 0.433 e. The van der Waals surface area contributed by atoms with Crippen LogP contribution in [0.2, 0.25) is 0 Å². The highest BCUT2D eigenvalue weighted by molar-refractivity contribution is 8.14. The predicted octanol–water partition coefficient (Wildman–Crippen LogP) is 1.37. The smallest absolute Gasteiger partial charge is 0.361 e. The van der Waals surface area contributed by atoms with Crippen LogP contribution < -0.4 is 5.32 Å². The zero-order chi connectivity index (χ0) is 10.4. The van der Waals surface area contributed by atoms with Crippen LogP contribution in [0.25, 0.3) is 0 Å². The van der Waals surface area contributed by atoms with E-state index in [1.807, 2.05) is 6.92 Å². The molecule has 1 fully saturated rings. The molecule has 1 aliphatic heterocycles. The fourth-order valence-corrected chi connectivity index (χ4v) is 1.63. The van der Waals surface area contributed by atoms with Crippen molar-refractivity contribution in [3.05, 3.63) is 0 Å². The Morgan fingerprint density at radius 2 is 2.71 bits per heavy atom. The molecule has 5 nitrogen and oxygen atoms in total. The number of oxime groups is 1. The summed E-state index contributed by atoms with van der Waals surface area (Å²) >= 11 is 6.78. The summed E-state index contributed by atoms with van der Waals surface area (Å²) in [5, 5.41) is 6.75. The first kappa shape index (κ1) is 11.6. The predicted molar refractivity (Wildman–Crippen MR) is 55.6 cm³/mol. The summed E-state index contributed by atoms with van der Waals surface area (Å²) in [6.07, 6.45) is -0.696. The van der Waals surface area contributed by atoms with E-state index in [-0.39, 0.29) is 6.10 Å². The Bertz CT molecular complexity index is 237. The summed E-state index contributed by atoms with van der Waals surface area (Å²) in [6, 6.07) is 0. The van der Waals surface area contributed by atoms with E-state index in [9.17, 15) is 4.79 Å². The lowest BCUT2D eigenvalue weighted by Crippen LogP contribution is -2.25. The van der Waals surface area contributed by atoms with Crippen molar-refractivity contribution in [1.29, 1.82) is 0 Å². The van der Waals surface area contributed by atoms with Crippen molar-refractivity contribution in [2.75, 3.05) is 18.4 Å². The zero-order valence-corrected chi connectivity index (χ0v) is 9.23. The molecule has 80 valence electrons. The number of thioether (sulfide) groups is 1. The van der Waals surface area contributed by atoms with Crippen LogP contribution in [0.1, 0.15) is 6.92 Å². The third-order valence-corrected chi connectivity index (χ3v) is 2.60. The van der Waals surface area contributed by atoms with Crippen LogP contribution in [0.4, 0.5) is 4.79 Å². The third kappa shape index (κ3) is 3.73. The van der Waals surface area contributed by atoms with E-state index in [1.165, 1.54) is 11.8 Å². The first-order chi connectivity index (χ1) is 6.74. The van der Waals surface area contributed by atoms with E-state index in [1.54, 1.807) is 0 Å². The molecule has 0 bridgehead atoms. The van der Waals surface area contributed by atoms with Crippen LogP contribution in [0.5, 0.6) is 0 Å². The number of nitrogens with zero attached hydrogens (tertiary/aromatic N) is 1. The molecule has 0 aliphatic carbocycles. The van der Waals surface area contributed by atoms with Crippen LogP contribution in [0.15, 0.2) is 5.16 Å². The first-order valence-electron chi connectivity index (χ1n) is 4.07. The van der Waals surface area contributed by atoms with Gasteiger partial charge in [-0.25, -0.2) is 4.79 Å². The van der Waals surface area contributed by atoms with Crippen molar-refractivity contribution >= 4 is 34.5 Å². The molecule has 1 unspecified atom stereocenters. The molecule has 0 spiro atoms. The van der Waals surface area contributed by atoms with Gasteiger partial charge in [0.1, 0.15) is 11.1 Å². The number of amides is 1. The average Bonchev–Trinajstić information content (AvgIpc) is 2.58. The molecule has 1 rings (SSSR count). The van der Waals surface area contributed by atoms with E-state index in [4.69, 9.17) is 16.3 Å². The lowest BCUT2D eigenvalue weighted by molar-refractivity contribution is 0.144. The van der Waals surface area contributed by atoms with Gasteiger partial charge in [0.15, 0.2) is 0 Å². The number of carbonyl (C=O) groups is 1. The lowest BCUT2D eigenvalue weighted by Gasteiger charge is -2.01. The van der Waals surface area contributed by atoms with Gasteiger partial charge >= 0.3 is 6.09 Å². The van der Waals surface area contributed by atoms with Crippen molar-refractivity contribution in [2.24, 2.45) is 5.16 Å². The SMILES string of the molecule is CC1OCS/C1=N/OC(=O)NCCCl. The minimum atomic E-state index is -0.599. The highest BCUT2D eigenvalue weighted by Crippen LogP contribution is 2.19. The third-order valence-electron chi connectivity index (χ3n) is 1.45. The van der Waals surface area contributed by atoms with Gasteiger partial charge in [0.05, 0.1) is 5.94 Å².